The highest BCUT2D eigenvalue weighted by atomic mass is 16.2. The summed E-state index contributed by atoms with van der Waals surface area (Å²) in [5.74, 6) is -0.0597. The van der Waals surface area contributed by atoms with Gasteiger partial charge in [0.05, 0.1) is 5.69 Å². The van der Waals surface area contributed by atoms with E-state index in [4.69, 9.17) is 5.73 Å². The summed E-state index contributed by atoms with van der Waals surface area (Å²) in [5, 5.41) is 8.63. The highest BCUT2D eigenvalue weighted by Gasteiger charge is 2.12. The highest BCUT2D eigenvalue weighted by Crippen LogP contribution is 2.09. The fourth-order valence-electron chi connectivity index (χ4n) is 2.93. The first-order valence-electron chi connectivity index (χ1n) is 9.40. The first-order valence-corrected chi connectivity index (χ1v) is 9.40. The van der Waals surface area contributed by atoms with Gasteiger partial charge in [-0.15, -0.1) is 0 Å². The van der Waals surface area contributed by atoms with E-state index in [1.54, 1.807) is 24.3 Å². The number of carbonyl (C=O) groups excluding carboxylic acids is 1. The zero-order valence-corrected chi connectivity index (χ0v) is 16.3. The van der Waals surface area contributed by atoms with Crippen LogP contribution in [0.3, 0.4) is 0 Å². The number of rotatable bonds is 6. The minimum absolute atomic E-state index is 0.131. The topological polar surface area (TPSA) is 130 Å². The molecule has 9 heteroatoms. The maximum Gasteiger partial charge on any atom is 0.274 e. The molecule has 0 saturated carbocycles. The van der Waals surface area contributed by atoms with Crippen molar-refractivity contribution in [2.24, 2.45) is 0 Å². The molecule has 2 heterocycles. The molecule has 5 N–H and O–H groups in total. The van der Waals surface area contributed by atoms with Gasteiger partial charge in [-0.1, -0.05) is 29.8 Å². The number of nitrogens with two attached hydrogens (primary N) is 1. The van der Waals surface area contributed by atoms with Crippen LogP contribution in [0.5, 0.6) is 0 Å². The Hall–Kier alpha value is -3.98. The molecule has 0 saturated heterocycles. The summed E-state index contributed by atoms with van der Waals surface area (Å²) >= 11 is 0. The molecule has 152 valence electrons. The van der Waals surface area contributed by atoms with Crippen molar-refractivity contribution in [3.63, 3.8) is 0 Å². The van der Waals surface area contributed by atoms with Crippen LogP contribution in [0.15, 0.2) is 59.4 Å². The van der Waals surface area contributed by atoms with Gasteiger partial charge >= 0.3 is 0 Å². The third-order valence-electron chi connectivity index (χ3n) is 4.54. The molecule has 0 spiro atoms. The van der Waals surface area contributed by atoms with E-state index in [0.29, 0.717) is 30.0 Å². The number of aromatic nitrogens is 4. The van der Waals surface area contributed by atoms with Gasteiger partial charge in [0.25, 0.3) is 17.2 Å². The van der Waals surface area contributed by atoms with Crippen molar-refractivity contribution < 1.29 is 4.79 Å². The Morgan fingerprint density at radius 2 is 1.80 bits per heavy atom. The number of hydrogen-bond acceptors (Lipinski definition) is 6. The molecule has 0 aliphatic carbocycles. The molecular formula is C21H21N7O2. The predicted octanol–water partition coefficient (Wildman–Crippen LogP) is 1.85. The van der Waals surface area contributed by atoms with E-state index in [2.05, 4.69) is 50.0 Å². The normalized spacial score (nSPS) is 11.0. The molecule has 0 fully saturated rings. The molecule has 0 bridgehead atoms. The Morgan fingerprint density at radius 3 is 2.53 bits per heavy atom. The van der Waals surface area contributed by atoms with E-state index in [0.717, 1.165) is 5.56 Å². The van der Waals surface area contributed by atoms with Crippen LogP contribution in [0.1, 0.15) is 27.2 Å². The van der Waals surface area contributed by atoms with Gasteiger partial charge in [0.1, 0.15) is 0 Å². The van der Waals surface area contributed by atoms with Crippen molar-refractivity contribution in [1.82, 2.24) is 24.9 Å². The van der Waals surface area contributed by atoms with Crippen LogP contribution < -0.4 is 21.9 Å². The maximum atomic E-state index is 12.4. The minimum atomic E-state index is -0.373. The van der Waals surface area contributed by atoms with Gasteiger partial charge < -0.3 is 11.1 Å². The van der Waals surface area contributed by atoms with Crippen molar-refractivity contribution >= 4 is 23.3 Å². The second kappa shape index (κ2) is 8.18. The Bertz CT molecular complexity index is 1240. The summed E-state index contributed by atoms with van der Waals surface area (Å²) < 4.78 is 1.18. The number of hydrogen-bond donors (Lipinski definition) is 4. The standard InChI is InChI=1S/C21H21N7O2/c1-13-2-4-14(5-3-13)11-23-12-17-10-18(29)28-21(24-17)26-20(27-28)25-19(30)15-6-8-16(22)9-7-15/h2-10,23H,11-12,22H2,1H3,(H2,24,25,26,27,30). The summed E-state index contributed by atoms with van der Waals surface area (Å²) in [6.07, 6.45) is 0. The number of nitrogens with one attached hydrogen (secondary N) is 3. The first-order chi connectivity index (χ1) is 14.5. The van der Waals surface area contributed by atoms with Crippen LogP contribution in [0.2, 0.25) is 0 Å². The predicted molar refractivity (Wildman–Crippen MR) is 114 cm³/mol. The molecular weight excluding hydrogens is 382 g/mol. The molecule has 0 aliphatic rings. The molecule has 0 aliphatic heterocycles. The van der Waals surface area contributed by atoms with Crippen molar-refractivity contribution in [2.75, 3.05) is 11.1 Å². The third-order valence-corrected chi connectivity index (χ3v) is 4.54. The lowest BCUT2D eigenvalue weighted by Crippen LogP contribution is -2.20. The van der Waals surface area contributed by atoms with Crippen molar-refractivity contribution in [3.8, 4) is 0 Å². The summed E-state index contributed by atoms with van der Waals surface area (Å²) in [5.41, 5.74) is 9.22. The number of anilines is 2. The molecule has 1 amide bonds. The molecule has 30 heavy (non-hydrogen) atoms. The third kappa shape index (κ3) is 4.36. The van der Waals surface area contributed by atoms with Crippen LogP contribution >= 0.6 is 0 Å². The number of fused-ring (bicyclic) bond motifs is 1. The van der Waals surface area contributed by atoms with Gasteiger partial charge in [0.2, 0.25) is 5.95 Å². The molecule has 0 unspecified atom stereocenters. The number of amides is 1. The van der Waals surface area contributed by atoms with E-state index < -0.39 is 0 Å². The smallest absolute Gasteiger partial charge is 0.274 e. The second-order valence-corrected chi connectivity index (χ2v) is 6.96. The van der Waals surface area contributed by atoms with Crippen molar-refractivity contribution in [2.45, 2.75) is 20.0 Å². The first kappa shape index (κ1) is 19.3. The molecule has 9 nitrogen and oxygen atoms in total. The summed E-state index contributed by atoms with van der Waals surface area (Å²) in [6, 6.07) is 16.1. The molecule has 2 aromatic carbocycles. The summed E-state index contributed by atoms with van der Waals surface area (Å²) in [4.78, 5) is 33.3. The van der Waals surface area contributed by atoms with E-state index in [9.17, 15) is 9.59 Å². The van der Waals surface area contributed by atoms with Gasteiger partial charge in [0.15, 0.2) is 0 Å². The number of aromatic amines is 1. The number of carbonyl (C=O) groups is 1. The highest BCUT2D eigenvalue weighted by molar-refractivity contribution is 6.03. The minimum Gasteiger partial charge on any atom is -0.399 e. The molecule has 4 aromatic rings. The Kier molecular flexibility index (Phi) is 5.27. The number of H-pyrrole nitrogens is 1. The SMILES string of the molecule is Cc1ccc(CNCc2cc(=O)n3[nH]c(NC(=O)c4ccc(N)cc4)nc3n2)cc1. The second-order valence-electron chi connectivity index (χ2n) is 6.96. The average molecular weight is 403 g/mol. The molecule has 0 atom stereocenters. The van der Waals surface area contributed by atoms with E-state index in [1.165, 1.54) is 16.1 Å². The fourth-order valence-corrected chi connectivity index (χ4v) is 2.93. The van der Waals surface area contributed by atoms with Gasteiger partial charge in [-0.25, -0.2) is 4.98 Å². The zero-order chi connectivity index (χ0) is 21.1. The lowest BCUT2D eigenvalue weighted by molar-refractivity contribution is 0.102. The van der Waals surface area contributed by atoms with Gasteiger partial charge in [-0.3, -0.25) is 20.0 Å². The van der Waals surface area contributed by atoms with Gasteiger partial charge in [0, 0.05) is 30.4 Å². The van der Waals surface area contributed by atoms with Crippen LogP contribution in [-0.4, -0.2) is 25.5 Å². The van der Waals surface area contributed by atoms with Crippen LogP contribution in [0.25, 0.3) is 5.78 Å². The van der Waals surface area contributed by atoms with E-state index in [-0.39, 0.29) is 23.2 Å². The maximum absolute atomic E-state index is 12.4. The molecule has 4 rings (SSSR count). The number of nitrogens with zero attached hydrogens (tertiary/aromatic N) is 3. The Balaban J connectivity index is 1.45. The molecule has 0 radical (unpaired) electrons. The summed E-state index contributed by atoms with van der Waals surface area (Å²) in [7, 11) is 0. The Labute approximate surface area is 172 Å². The van der Waals surface area contributed by atoms with E-state index >= 15 is 0 Å². The van der Waals surface area contributed by atoms with Gasteiger partial charge in [-0.05, 0) is 36.8 Å². The number of aryl methyl sites for hydroxylation is 1. The summed E-state index contributed by atoms with van der Waals surface area (Å²) in [6.45, 7) is 3.12. The van der Waals surface area contributed by atoms with Crippen LogP contribution in [0.4, 0.5) is 11.6 Å². The Morgan fingerprint density at radius 1 is 1.07 bits per heavy atom. The van der Waals surface area contributed by atoms with Crippen LogP contribution in [-0.2, 0) is 13.1 Å². The quantitative estimate of drug-likeness (QED) is 0.364. The lowest BCUT2D eigenvalue weighted by Gasteiger charge is -2.05. The van der Waals surface area contributed by atoms with E-state index in [1.807, 2.05) is 6.92 Å². The van der Waals surface area contributed by atoms with Crippen LogP contribution in [0, 0.1) is 6.92 Å². The van der Waals surface area contributed by atoms with Gasteiger partial charge in [-0.2, -0.15) is 9.50 Å². The largest absolute Gasteiger partial charge is 0.399 e. The molecule has 2 aromatic heterocycles. The van der Waals surface area contributed by atoms with Crippen molar-refractivity contribution in [3.05, 3.63) is 87.3 Å². The zero-order valence-electron chi connectivity index (χ0n) is 16.3. The monoisotopic (exact) mass is 403 g/mol. The average Bonchev–Trinajstić information content (AvgIpc) is 3.13. The lowest BCUT2D eigenvalue weighted by atomic mass is 10.1. The van der Waals surface area contributed by atoms with Crippen molar-refractivity contribution in [1.29, 1.82) is 0 Å². The number of nitrogen functional groups attached to an aromatic ring is 1. The fraction of sp³-hybridized carbons (Fsp3) is 0.143. The number of benzene rings is 2.